The van der Waals surface area contributed by atoms with E-state index in [-0.39, 0.29) is 24.8 Å². The molecule has 2 atom stereocenters. The summed E-state index contributed by atoms with van der Waals surface area (Å²) < 4.78 is 5.39. The third-order valence-corrected chi connectivity index (χ3v) is 3.21. The van der Waals surface area contributed by atoms with Crippen molar-refractivity contribution in [1.29, 1.82) is 5.26 Å². The van der Waals surface area contributed by atoms with Crippen molar-refractivity contribution < 1.29 is 14.6 Å². The molecule has 2 unspecified atom stereocenters. The number of nitriles is 1. The Bertz CT molecular complexity index is 527. The summed E-state index contributed by atoms with van der Waals surface area (Å²) in [5.41, 5.74) is 1.07. The van der Waals surface area contributed by atoms with Gasteiger partial charge in [-0.05, 0) is 25.1 Å². The fourth-order valence-corrected chi connectivity index (χ4v) is 2.07. The van der Waals surface area contributed by atoms with Crippen molar-refractivity contribution in [3.63, 3.8) is 0 Å². The minimum atomic E-state index is -0.345. The molecule has 1 aliphatic rings. The Hall–Kier alpha value is -2.10. The number of nitrogens with one attached hydrogen (secondary N) is 1. The number of amides is 2. The standard InChI is InChI=1S/C14H17N3O3/c1-10-9-20-13(8-18)7-17(10)14(19)16-12-4-2-3-11(5-12)6-15/h2-5,10,13,18H,7-9H2,1H3,(H,16,19). The van der Waals surface area contributed by atoms with Crippen LogP contribution in [0.1, 0.15) is 12.5 Å². The molecule has 2 rings (SSSR count). The van der Waals surface area contributed by atoms with Crippen LogP contribution >= 0.6 is 0 Å². The van der Waals surface area contributed by atoms with E-state index in [1.165, 1.54) is 0 Å². The SMILES string of the molecule is CC1COC(CO)CN1C(=O)Nc1cccc(C#N)c1. The Morgan fingerprint density at radius 2 is 2.45 bits per heavy atom. The summed E-state index contributed by atoms with van der Waals surface area (Å²) in [6.45, 7) is 2.53. The van der Waals surface area contributed by atoms with E-state index in [1.54, 1.807) is 29.2 Å². The molecule has 106 valence electrons. The van der Waals surface area contributed by atoms with Gasteiger partial charge in [0.05, 0.1) is 43.5 Å². The molecule has 1 heterocycles. The molecule has 1 aromatic carbocycles. The van der Waals surface area contributed by atoms with Crippen molar-refractivity contribution in [2.24, 2.45) is 0 Å². The van der Waals surface area contributed by atoms with Crippen LogP contribution in [-0.4, -0.2) is 47.9 Å². The van der Waals surface area contributed by atoms with Crippen LogP contribution in [0.25, 0.3) is 0 Å². The van der Waals surface area contributed by atoms with E-state index in [0.717, 1.165) is 0 Å². The highest BCUT2D eigenvalue weighted by molar-refractivity contribution is 5.89. The van der Waals surface area contributed by atoms with E-state index < -0.39 is 0 Å². The van der Waals surface area contributed by atoms with Gasteiger partial charge in [0.1, 0.15) is 0 Å². The normalized spacial score (nSPS) is 22.1. The molecule has 0 aliphatic carbocycles. The second-order valence-electron chi connectivity index (χ2n) is 4.76. The van der Waals surface area contributed by atoms with Crippen LogP contribution in [0.4, 0.5) is 10.5 Å². The molecular formula is C14H17N3O3. The number of hydrogen-bond donors (Lipinski definition) is 2. The van der Waals surface area contributed by atoms with Gasteiger partial charge in [0, 0.05) is 5.69 Å². The number of hydrogen-bond acceptors (Lipinski definition) is 4. The Morgan fingerprint density at radius 1 is 1.65 bits per heavy atom. The highest BCUT2D eigenvalue weighted by atomic mass is 16.5. The van der Waals surface area contributed by atoms with E-state index >= 15 is 0 Å². The Morgan fingerprint density at radius 3 is 3.15 bits per heavy atom. The fraction of sp³-hybridized carbons (Fsp3) is 0.429. The first kappa shape index (κ1) is 14.3. The monoisotopic (exact) mass is 275 g/mol. The lowest BCUT2D eigenvalue weighted by Gasteiger charge is -2.37. The molecule has 6 nitrogen and oxygen atoms in total. The Balaban J connectivity index is 2.05. The number of benzene rings is 1. The number of rotatable bonds is 2. The summed E-state index contributed by atoms with van der Waals surface area (Å²) in [6, 6.07) is 8.45. The van der Waals surface area contributed by atoms with Gasteiger partial charge in [-0.15, -0.1) is 0 Å². The fourth-order valence-electron chi connectivity index (χ4n) is 2.07. The Labute approximate surface area is 117 Å². The third-order valence-electron chi connectivity index (χ3n) is 3.21. The summed E-state index contributed by atoms with van der Waals surface area (Å²) in [5, 5.41) is 20.7. The summed E-state index contributed by atoms with van der Waals surface area (Å²) in [7, 11) is 0. The summed E-state index contributed by atoms with van der Waals surface area (Å²) in [4.78, 5) is 13.9. The smallest absolute Gasteiger partial charge is 0.322 e. The molecule has 0 spiro atoms. The van der Waals surface area contributed by atoms with Crippen molar-refractivity contribution in [1.82, 2.24) is 4.90 Å². The van der Waals surface area contributed by atoms with E-state index in [4.69, 9.17) is 15.1 Å². The van der Waals surface area contributed by atoms with E-state index in [2.05, 4.69) is 5.32 Å². The van der Waals surface area contributed by atoms with Crippen molar-refractivity contribution in [3.8, 4) is 6.07 Å². The number of urea groups is 1. The van der Waals surface area contributed by atoms with Gasteiger partial charge in [-0.1, -0.05) is 6.07 Å². The zero-order valence-electron chi connectivity index (χ0n) is 11.2. The molecule has 6 heteroatoms. The van der Waals surface area contributed by atoms with E-state index in [1.807, 2.05) is 13.0 Å². The topological polar surface area (TPSA) is 85.6 Å². The van der Waals surface area contributed by atoms with Crippen LogP contribution in [0.3, 0.4) is 0 Å². The van der Waals surface area contributed by atoms with Crippen LogP contribution in [0.2, 0.25) is 0 Å². The number of carbonyl (C=O) groups is 1. The molecule has 0 aromatic heterocycles. The van der Waals surface area contributed by atoms with Crippen molar-refractivity contribution in [3.05, 3.63) is 29.8 Å². The molecular weight excluding hydrogens is 258 g/mol. The first-order valence-electron chi connectivity index (χ1n) is 6.44. The lowest BCUT2D eigenvalue weighted by Crippen LogP contribution is -2.53. The van der Waals surface area contributed by atoms with Crippen molar-refractivity contribution in [2.45, 2.75) is 19.1 Å². The second-order valence-corrected chi connectivity index (χ2v) is 4.76. The minimum absolute atomic E-state index is 0.0584. The van der Waals surface area contributed by atoms with Crippen molar-refractivity contribution in [2.75, 3.05) is 25.1 Å². The molecule has 2 N–H and O–H groups in total. The summed E-state index contributed by atoms with van der Waals surface area (Å²) in [5.74, 6) is 0. The lowest BCUT2D eigenvalue weighted by atomic mass is 10.2. The van der Waals surface area contributed by atoms with Gasteiger partial charge in [-0.3, -0.25) is 0 Å². The highest BCUT2D eigenvalue weighted by Gasteiger charge is 2.29. The van der Waals surface area contributed by atoms with Gasteiger partial charge in [0.2, 0.25) is 0 Å². The number of anilines is 1. The lowest BCUT2D eigenvalue weighted by molar-refractivity contribution is -0.0611. The first-order chi connectivity index (χ1) is 9.63. The molecule has 0 radical (unpaired) electrons. The van der Waals surface area contributed by atoms with E-state index in [9.17, 15) is 4.79 Å². The molecule has 0 bridgehead atoms. The number of morpholine rings is 1. The highest BCUT2D eigenvalue weighted by Crippen LogP contribution is 2.15. The van der Waals surface area contributed by atoms with Gasteiger partial charge >= 0.3 is 6.03 Å². The average Bonchev–Trinajstić information content (AvgIpc) is 2.47. The number of nitrogens with zero attached hydrogens (tertiary/aromatic N) is 2. The molecule has 1 fully saturated rings. The molecule has 2 amide bonds. The first-order valence-corrected chi connectivity index (χ1v) is 6.44. The third kappa shape index (κ3) is 3.26. The maximum atomic E-state index is 12.2. The maximum Gasteiger partial charge on any atom is 0.322 e. The quantitative estimate of drug-likeness (QED) is 0.848. The van der Waals surface area contributed by atoms with Gasteiger partial charge in [0.15, 0.2) is 0 Å². The van der Waals surface area contributed by atoms with Crippen LogP contribution in [-0.2, 0) is 4.74 Å². The van der Waals surface area contributed by atoms with Gasteiger partial charge in [-0.2, -0.15) is 5.26 Å². The van der Waals surface area contributed by atoms with Gasteiger partial charge in [0.25, 0.3) is 0 Å². The van der Waals surface area contributed by atoms with Gasteiger partial charge < -0.3 is 20.1 Å². The largest absolute Gasteiger partial charge is 0.394 e. The van der Waals surface area contributed by atoms with Crippen LogP contribution in [0, 0.1) is 11.3 Å². The average molecular weight is 275 g/mol. The number of aliphatic hydroxyl groups excluding tert-OH is 1. The molecule has 20 heavy (non-hydrogen) atoms. The molecule has 1 saturated heterocycles. The zero-order valence-corrected chi connectivity index (χ0v) is 11.2. The zero-order chi connectivity index (χ0) is 14.5. The van der Waals surface area contributed by atoms with Crippen molar-refractivity contribution >= 4 is 11.7 Å². The predicted molar refractivity (Wildman–Crippen MR) is 73.2 cm³/mol. The minimum Gasteiger partial charge on any atom is -0.394 e. The number of ether oxygens (including phenoxy) is 1. The van der Waals surface area contributed by atoms with Crippen LogP contribution < -0.4 is 5.32 Å². The van der Waals surface area contributed by atoms with E-state index in [0.29, 0.717) is 24.4 Å². The summed E-state index contributed by atoms with van der Waals surface area (Å²) in [6.07, 6.45) is -0.345. The number of carbonyl (C=O) groups excluding carboxylic acids is 1. The summed E-state index contributed by atoms with van der Waals surface area (Å²) >= 11 is 0. The second kappa shape index (κ2) is 6.37. The van der Waals surface area contributed by atoms with Crippen LogP contribution in [0.5, 0.6) is 0 Å². The molecule has 1 aromatic rings. The molecule has 0 saturated carbocycles. The van der Waals surface area contributed by atoms with Gasteiger partial charge in [-0.25, -0.2) is 4.79 Å². The molecule has 1 aliphatic heterocycles. The number of aliphatic hydroxyl groups is 1. The van der Waals surface area contributed by atoms with Crippen LogP contribution in [0.15, 0.2) is 24.3 Å². The maximum absolute atomic E-state index is 12.2. The predicted octanol–water partition coefficient (Wildman–Crippen LogP) is 1.17. The Kier molecular flexibility index (Phi) is 4.56.